The van der Waals surface area contributed by atoms with E-state index >= 15 is 0 Å². The van der Waals surface area contributed by atoms with E-state index in [1.165, 1.54) is 0 Å². The van der Waals surface area contributed by atoms with Gasteiger partial charge in [-0.3, -0.25) is 0 Å². The van der Waals surface area contributed by atoms with Gasteiger partial charge in [-0.15, -0.1) is 0 Å². The first-order valence-corrected chi connectivity index (χ1v) is 9.19. The van der Waals surface area contributed by atoms with Crippen LogP contribution in [0.25, 0.3) is 16.9 Å². The molecule has 1 aromatic heterocycles. The molecule has 7 heteroatoms. The molecule has 0 aliphatic carbocycles. The fourth-order valence-corrected chi connectivity index (χ4v) is 3.26. The van der Waals surface area contributed by atoms with Crippen LogP contribution in [0.1, 0.15) is 12.6 Å². The smallest absolute Gasteiger partial charge is 0.203 e. The van der Waals surface area contributed by atoms with E-state index in [2.05, 4.69) is 5.10 Å². The van der Waals surface area contributed by atoms with Gasteiger partial charge in [-0.2, -0.15) is 5.10 Å². The molecule has 0 radical (unpaired) electrons. The van der Waals surface area contributed by atoms with Crippen LogP contribution >= 0.6 is 11.6 Å². The topological polar surface area (TPSA) is 54.7 Å². The van der Waals surface area contributed by atoms with Gasteiger partial charge in [0, 0.05) is 17.7 Å². The third kappa shape index (κ3) is 3.73. The number of rotatable bonds is 7. The minimum Gasteiger partial charge on any atom is -0.493 e. The number of aromatic nitrogens is 2. The maximum atomic E-state index is 6.39. The Morgan fingerprint density at radius 3 is 2.14 bits per heavy atom. The molecular weight excluding hydrogens is 380 g/mol. The van der Waals surface area contributed by atoms with Crippen LogP contribution in [0.3, 0.4) is 0 Å². The van der Waals surface area contributed by atoms with Gasteiger partial charge in [0.15, 0.2) is 11.5 Å². The lowest BCUT2D eigenvalue weighted by atomic mass is 10.1. The maximum Gasteiger partial charge on any atom is 0.203 e. The molecular formula is C21H23ClN2O4. The van der Waals surface area contributed by atoms with Gasteiger partial charge in [-0.05, 0) is 38.1 Å². The van der Waals surface area contributed by atoms with Crippen molar-refractivity contribution in [2.45, 2.75) is 13.8 Å². The number of benzene rings is 2. The number of hydrogen-bond donors (Lipinski definition) is 0. The van der Waals surface area contributed by atoms with Gasteiger partial charge in [0.2, 0.25) is 5.75 Å². The van der Waals surface area contributed by atoms with Crippen molar-refractivity contribution in [3.05, 3.63) is 47.1 Å². The molecule has 0 aliphatic heterocycles. The van der Waals surface area contributed by atoms with Crippen molar-refractivity contribution in [1.82, 2.24) is 9.78 Å². The molecule has 6 nitrogen and oxygen atoms in total. The third-order valence-electron chi connectivity index (χ3n) is 4.25. The molecule has 0 bridgehead atoms. The van der Waals surface area contributed by atoms with Crippen LogP contribution in [-0.4, -0.2) is 37.7 Å². The number of hydrogen-bond acceptors (Lipinski definition) is 5. The molecule has 2 aromatic carbocycles. The highest BCUT2D eigenvalue weighted by Gasteiger charge is 2.18. The molecule has 1 heterocycles. The second-order valence-electron chi connectivity index (χ2n) is 6.04. The molecule has 0 aliphatic rings. The van der Waals surface area contributed by atoms with Gasteiger partial charge >= 0.3 is 0 Å². The summed E-state index contributed by atoms with van der Waals surface area (Å²) >= 11 is 6.39. The average molecular weight is 403 g/mol. The number of aryl methyl sites for hydroxylation is 1. The monoisotopic (exact) mass is 402 g/mol. The lowest BCUT2D eigenvalue weighted by molar-refractivity contribution is 0.324. The van der Waals surface area contributed by atoms with E-state index in [-0.39, 0.29) is 0 Å². The quantitative estimate of drug-likeness (QED) is 0.561. The van der Waals surface area contributed by atoms with Gasteiger partial charge < -0.3 is 18.9 Å². The van der Waals surface area contributed by atoms with E-state index < -0.39 is 0 Å². The number of nitrogens with zero attached hydrogens (tertiary/aromatic N) is 2. The van der Waals surface area contributed by atoms with Crippen molar-refractivity contribution in [1.29, 1.82) is 0 Å². The first-order valence-electron chi connectivity index (χ1n) is 8.82. The van der Waals surface area contributed by atoms with E-state index in [0.29, 0.717) is 34.6 Å². The highest BCUT2D eigenvalue weighted by atomic mass is 35.5. The lowest BCUT2D eigenvalue weighted by Crippen LogP contribution is -2.03. The van der Waals surface area contributed by atoms with Crippen LogP contribution < -0.4 is 18.9 Å². The Kier molecular flexibility index (Phi) is 5.99. The summed E-state index contributed by atoms with van der Waals surface area (Å²) in [7, 11) is 4.75. The zero-order valence-corrected chi connectivity index (χ0v) is 17.3. The number of halogens is 1. The van der Waals surface area contributed by atoms with Gasteiger partial charge in [0.1, 0.15) is 5.75 Å². The summed E-state index contributed by atoms with van der Waals surface area (Å²) in [5.74, 6) is 2.30. The Hall–Kier alpha value is -2.86. The highest BCUT2D eigenvalue weighted by Crippen LogP contribution is 2.40. The lowest BCUT2D eigenvalue weighted by Gasteiger charge is -2.15. The minimum atomic E-state index is 0.531. The van der Waals surface area contributed by atoms with E-state index in [9.17, 15) is 0 Å². The van der Waals surface area contributed by atoms with Crippen LogP contribution in [0.4, 0.5) is 0 Å². The molecule has 0 fully saturated rings. The molecule has 148 valence electrons. The van der Waals surface area contributed by atoms with Crippen molar-refractivity contribution in [3.8, 4) is 39.9 Å². The summed E-state index contributed by atoms with van der Waals surface area (Å²) in [6.07, 6.45) is 0. The van der Waals surface area contributed by atoms with Crippen LogP contribution in [0.5, 0.6) is 23.0 Å². The summed E-state index contributed by atoms with van der Waals surface area (Å²) in [5.41, 5.74) is 3.45. The molecule has 0 amide bonds. The highest BCUT2D eigenvalue weighted by molar-refractivity contribution is 6.32. The Morgan fingerprint density at radius 1 is 0.929 bits per heavy atom. The van der Waals surface area contributed by atoms with Crippen molar-refractivity contribution >= 4 is 11.6 Å². The van der Waals surface area contributed by atoms with Crippen molar-refractivity contribution in [3.63, 3.8) is 0 Å². The van der Waals surface area contributed by atoms with E-state index in [4.69, 9.17) is 30.5 Å². The normalized spacial score (nSPS) is 10.6. The fourth-order valence-electron chi connectivity index (χ4n) is 3.02. The number of ether oxygens (including phenoxy) is 4. The Bertz CT molecular complexity index is 960. The molecule has 3 rings (SSSR count). The molecule has 0 spiro atoms. The van der Waals surface area contributed by atoms with Crippen LogP contribution in [0.15, 0.2) is 36.4 Å². The zero-order chi connectivity index (χ0) is 20.3. The van der Waals surface area contributed by atoms with Gasteiger partial charge in [-0.1, -0.05) is 11.6 Å². The first kappa shape index (κ1) is 19.9. The fraction of sp³-hybridized carbons (Fsp3) is 0.286. The van der Waals surface area contributed by atoms with E-state index in [1.807, 2.05) is 54.9 Å². The molecule has 0 saturated heterocycles. The number of methoxy groups -OCH3 is 3. The van der Waals surface area contributed by atoms with Crippen LogP contribution in [0.2, 0.25) is 5.02 Å². The van der Waals surface area contributed by atoms with Crippen LogP contribution in [-0.2, 0) is 0 Å². The second-order valence-corrected chi connectivity index (χ2v) is 6.45. The van der Waals surface area contributed by atoms with Crippen molar-refractivity contribution in [2.75, 3.05) is 27.9 Å². The zero-order valence-electron chi connectivity index (χ0n) is 16.6. The van der Waals surface area contributed by atoms with Gasteiger partial charge in [0.05, 0.1) is 50.0 Å². The van der Waals surface area contributed by atoms with Gasteiger partial charge in [0.25, 0.3) is 0 Å². The Balaban J connectivity index is 2.14. The molecule has 0 saturated carbocycles. The minimum absolute atomic E-state index is 0.531. The molecule has 0 N–H and O–H groups in total. The molecule has 0 unspecified atom stereocenters. The molecule has 0 atom stereocenters. The van der Waals surface area contributed by atoms with E-state index in [0.717, 1.165) is 22.6 Å². The van der Waals surface area contributed by atoms with Crippen molar-refractivity contribution < 1.29 is 18.9 Å². The van der Waals surface area contributed by atoms with Gasteiger partial charge in [-0.25, -0.2) is 4.68 Å². The maximum absolute atomic E-state index is 6.39. The Labute approximate surface area is 169 Å². The molecule has 3 aromatic rings. The predicted molar refractivity (Wildman–Crippen MR) is 110 cm³/mol. The molecule has 28 heavy (non-hydrogen) atoms. The summed E-state index contributed by atoms with van der Waals surface area (Å²) in [4.78, 5) is 0. The largest absolute Gasteiger partial charge is 0.493 e. The second kappa shape index (κ2) is 8.44. The van der Waals surface area contributed by atoms with E-state index in [1.54, 1.807) is 21.3 Å². The summed E-state index contributed by atoms with van der Waals surface area (Å²) in [6, 6.07) is 11.4. The summed E-state index contributed by atoms with van der Waals surface area (Å²) in [6.45, 7) is 4.42. The SMILES string of the molecule is CCOc1ccc(-c2cc(C)nn2-c2cc(OC)c(OC)c(OC)c2)cc1Cl. The first-order chi connectivity index (χ1) is 13.5. The Morgan fingerprint density at radius 2 is 1.61 bits per heavy atom. The van der Waals surface area contributed by atoms with Crippen molar-refractivity contribution in [2.24, 2.45) is 0 Å². The predicted octanol–water partition coefficient (Wildman–Crippen LogP) is 4.93. The third-order valence-corrected chi connectivity index (χ3v) is 4.55. The van der Waals surface area contributed by atoms with Crippen LogP contribution in [0, 0.1) is 6.92 Å². The average Bonchev–Trinajstić information content (AvgIpc) is 3.10. The summed E-state index contributed by atoms with van der Waals surface area (Å²) < 4.78 is 23.7. The standard InChI is InChI=1S/C21H23ClN2O4/c1-6-28-18-8-7-14(10-16(18)22)17-9-13(2)23-24(17)15-11-19(25-3)21(27-5)20(12-15)26-4/h7-12H,6H2,1-5H3. The summed E-state index contributed by atoms with van der Waals surface area (Å²) in [5, 5.41) is 5.19.